The first-order valence-corrected chi connectivity index (χ1v) is 8.08. The second-order valence-corrected chi connectivity index (χ2v) is 6.93. The fourth-order valence-corrected chi connectivity index (χ4v) is 3.14. The Balaban J connectivity index is 1.94. The Labute approximate surface area is 137 Å². The van der Waals surface area contributed by atoms with Gasteiger partial charge in [0.15, 0.2) is 0 Å². The standard InChI is InChI=1S/C18H17BrFNO/c1-11(2)13-5-3-12(4-6-13)10-18(20)15-9-14(19)7-8-16(15)21-17(18)22/h3-9,11H,10H2,1-2H3,(H,21,22). The monoisotopic (exact) mass is 361 g/mol. The molecule has 1 heterocycles. The molecular formula is C18H17BrFNO. The molecule has 3 rings (SSSR count). The molecule has 0 fully saturated rings. The van der Waals surface area contributed by atoms with Gasteiger partial charge in [-0.15, -0.1) is 0 Å². The lowest BCUT2D eigenvalue weighted by Crippen LogP contribution is -2.31. The normalized spacial score (nSPS) is 20.1. The Morgan fingerprint density at radius 1 is 1.18 bits per heavy atom. The van der Waals surface area contributed by atoms with Crippen LogP contribution < -0.4 is 5.32 Å². The van der Waals surface area contributed by atoms with Crippen LogP contribution in [0.15, 0.2) is 46.9 Å². The Bertz CT molecular complexity index is 726. The van der Waals surface area contributed by atoms with Gasteiger partial charge in [-0.3, -0.25) is 4.79 Å². The Morgan fingerprint density at radius 2 is 1.86 bits per heavy atom. The van der Waals surface area contributed by atoms with Crippen molar-refractivity contribution in [2.75, 3.05) is 5.32 Å². The molecule has 1 unspecified atom stereocenters. The molecule has 2 aromatic rings. The number of amides is 1. The molecule has 0 spiro atoms. The number of hydrogen-bond acceptors (Lipinski definition) is 1. The van der Waals surface area contributed by atoms with E-state index in [1.165, 1.54) is 5.56 Å². The molecule has 22 heavy (non-hydrogen) atoms. The van der Waals surface area contributed by atoms with Crippen LogP contribution in [0.2, 0.25) is 0 Å². The lowest BCUT2D eigenvalue weighted by molar-refractivity contribution is -0.126. The zero-order valence-electron chi connectivity index (χ0n) is 12.5. The van der Waals surface area contributed by atoms with E-state index in [0.29, 0.717) is 17.2 Å². The highest BCUT2D eigenvalue weighted by molar-refractivity contribution is 9.10. The van der Waals surface area contributed by atoms with E-state index in [9.17, 15) is 4.79 Å². The second kappa shape index (κ2) is 5.51. The van der Waals surface area contributed by atoms with Gasteiger partial charge in [-0.1, -0.05) is 54.0 Å². The summed E-state index contributed by atoms with van der Waals surface area (Å²) in [5.74, 6) is -0.159. The first-order chi connectivity index (χ1) is 10.4. The molecule has 1 aliphatic heterocycles. The van der Waals surface area contributed by atoms with E-state index >= 15 is 4.39 Å². The number of carbonyl (C=O) groups is 1. The van der Waals surface area contributed by atoms with Crippen LogP contribution in [0, 0.1) is 0 Å². The average Bonchev–Trinajstić information content (AvgIpc) is 2.71. The fraction of sp³-hybridized carbons (Fsp3) is 0.278. The molecule has 0 bridgehead atoms. The highest BCUT2D eigenvalue weighted by atomic mass is 79.9. The number of hydrogen-bond donors (Lipinski definition) is 1. The number of rotatable bonds is 3. The molecule has 0 radical (unpaired) electrons. The van der Waals surface area contributed by atoms with Crippen LogP contribution in [0.25, 0.3) is 0 Å². The van der Waals surface area contributed by atoms with Gasteiger partial charge < -0.3 is 5.32 Å². The summed E-state index contributed by atoms with van der Waals surface area (Å²) in [6.07, 6.45) is 0.0423. The van der Waals surface area contributed by atoms with Gasteiger partial charge in [-0.2, -0.15) is 0 Å². The summed E-state index contributed by atoms with van der Waals surface area (Å²) in [4.78, 5) is 12.1. The predicted molar refractivity (Wildman–Crippen MR) is 89.8 cm³/mol. The zero-order chi connectivity index (χ0) is 15.9. The van der Waals surface area contributed by atoms with E-state index in [1.54, 1.807) is 18.2 Å². The van der Waals surface area contributed by atoms with E-state index in [2.05, 4.69) is 35.1 Å². The molecule has 114 valence electrons. The minimum Gasteiger partial charge on any atom is -0.323 e. The lowest BCUT2D eigenvalue weighted by atomic mass is 9.89. The molecule has 0 saturated carbocycles. The fourth-order valence-electron chi connectivity index (χ4n) is 2.77. The van der Waals surface area contributed by atoms with Crippen LogP contribution in [-0.2, 0) is 16.9 Å². The molecule has 0 aromatic heterocycles. The van der Waals surface area contributed by atoms with Gasteiger partial charge >= 0.3 is 0 Å². The zero-order valence-corrected chi connectivity index (χ0v) is 14.1. The van der Waals surface area contributed by atoms with E-state index in [0.717, 1.165) is 10.0 Å². The Hall–Kier alpha value is -1.68. The van der Waals surface area contributed by atoms with E-state index in [1.807, 2.05) is 24.3 Å². The molecule has 2 aromatic carbocycles. The number of halogens is 2. The number of anilines is 1. The van der Waals surface area contributed by atoms with Gasteiger partial charge in [0.1, 0.15) is 0 Å². The predicted octanol–water partition coefficient (Wildman–Crippen LogP) is 4.93. The van der Waals surface area contributed by atoms with Crippen molar-refractivity contribution in [2.45, 2.75) is 31.9 Å². The van der Waals surface area contributed by atoms with Crippen molar-refractivity contribution < 1.29 is 9.18 Å². The van der Waals surface area contributed by atoms with Crippen LogP contribution >= 0.6 is 15.9 Å². The summed E-state index contributed by atoms with van der Waals surface area (Å²) in [6.45, 7) is 4.23. The Morgan fingerprint density at radius 3 is 2.50 bits per heavy atom. The SMILES string of the molecule is CC(C)c1ccc(CC2(F)C(=O)Nc3ccc(Br)cc32)cc1. The number of alkyl halides is 1. The quantitative estimate of drug-likeness (QED) is 0.824. The maximum atomic E-state index is 15.4. The van der Waals surface area contributed by atoms with E-state index in [-0.39, 0.29) is 6.42 Å². The Kier molecular flexibility index (Phi) is 3.81. The molecule has 1 atom stereocenters. The van der Waals surface area contributed by atoms with Crippen molar-refractivity contribution in [3.8, 4) is 0 Å². The number of nitrogens with one attached hydrogen (secondary N) is 1. The van der Waals surface area contributed by atoms with Gasteiger partial charge in [0.25, 0.3) is 5.91 Å². The maximum Gasteiger partial charge on any atom is 0.267 e. The van der Waals surface area contributed by atoms with Gasteiger partial charge in [-0.25, -0.2) is 4.39 Å². The third-order valence-corrected chi connectivity index (χ3v) is 4.60. The summed E-state index contributed by atoms with van der Waals surface area (Å²) < 4.78 is 16.2. The summed E-state index contributed by atoms with van der Waals surface area (Å²) in [7, 11) is 0. The minimum absolute atomic E-state index is 0.0423. The third-order valence-electron chi connectivity index (χ3n) is 4.11. The van der Waals surface area contributed by atoms with Crippen LogP contribution in [-0.4, -0.2) is 5.91 Å². The van der Waals surface area contributed by atoms with Crippen molar-refractivity contribution in [3.63, 3.8) is 0 Å². The van der Waals surface area contributed by atoms with Crippen molar-refractivity contribution in [3.05, 3.63) is 63.6 Å². The van der Waals surface area contributed by atoms with E-state index < -0.39 is 11.6 Å². The average molecular weight is 362 g/mol. The van der Waals surface area contributed by atoms with Gasteiger partial charge in [-0.05, 0) is 35.2 Å². The number of fused-ring (bicyclic) bond motifs is 1. The molecule has 0 aliphatic carbocycles. The molecule has 0 saturated heterocycles. The van der Waals surface area contributed by atoms with Crippen LogP contribution in [0.4, 0.5) is 10.1 Å². The second-order valence-electron chi connectivity index (χ2n) is 6.02. The van der Waals surface area contributed by atoms with Gasteiger partial charge in [0.2, 0.25) is 5.67 Å². The molecule has 1 aliphatic rings. The first-order valence-electron chi connectivity index (χ1n) is 7.29. The van der Waals surface area contributed by atoms with Crippen molar-refractivity contribution in [1.82, 2.24) is 0 Å². The minimum atomic E-state index is -2.02. The molecule has 2 nitrogen and oxygen atoms in total. The molecular weight excluding hydrogens is 345 g/mol. The van der Waals surface area contributed by atoms with Crippen LogP contribution in [0.3, 0.4) is 0 Å². The number of carbonyl (C=O) groups excluding carboxylic acids is 1. The highest BCUT2D eigenvalue weighted by Crippen LogP contribution is 2.42. The summed E-state index contributed by atoms with van der Waals surface area (Å²) in [5, 5.41) is 2.63. The van der Waals surface area contributed by atoms with Crippen molar-refractivity contribution in [2.24, 2.45) is 0 Å². The topological polar surface area (TPSA) is 29.1 Å². The van der Waals surface area contributed by atoms with Gasteiger partial charge in [0.05, 0.1) is 0 Å². The molecule has 4 heteroatoms. The van der Waals surface area contributed by atoms with Crippen molar-refractivity contribution in [1.29, 1.82) is 0 Å². The maximum absolute atomic E-state index is 15.4. The van der Waals surface area contributed by atoms with Gasteiger partial charge in [0, 0.05) is 22.1 Å². The highest BCUT2D eigenvalue weighted by Gasteiger charge is 2.47. The lowest BCUT2D eigenvalue weighted by Gasteiger charge is -2.18. The summed E-state index contributed by atoms with van der Waals surface area (Å²) in [6, 6.07) is 13.0. The molecule has 1 amide bonds. The van der Waals surface area contributed by atoms with Crippen molar-refractivity contribution >= 4 is 27.5 Å². The third kappa shape index (κ3) is 2.56. The van der Waals surface area contributed by atoms with E-state index in [4.69, 9.17) is 0 Å². The summed E-state index contributed by atoms with van der Waals surface area (Å²) >= 11 is 3.34. The number of benzene rings is 2. The molecule has 1 N–H and O–H groups in total. The van der Waals surface area contributed by atoms with Crippen LogP contribution in [0.5, 0.6) is 0 Å². The first kappa shape index (κ1) is 15.2. The van der Waals surface area contributed by atoms with Crippen LogP contribution in [0.1, 0.15) is 36.5 Å². The summed E-state index contributed by atoms with van der Waals surface area (Å²) in [5.41, 5.74) is 0.957. The smallest absolute Gasteiger partial charge is 0.267 e. The largest absolute Gasteiger partial charge is 0.323 e.